The monoisotopic (exact) mass is 216 g/mol. The molecule has 0 bridgehead atoms. The lowest BCUT2D eigenvalue weighted by Crippen LogP contribution is -2.23. The Kier molecular flexibility index (Phi) is 2.99. The first-order valence-electron chi connectivity index (χ1n) is 5.98. The fourth-order valence-corrected chi connectivity index (χ4v) is 2.07. The van der Waals surface area contributed by atoms with Gasteiger partial charge in [0.05, 0.1) is 0 Å². The minimum Gasteiger partial charge on any atom is -0.328 e. The minimum atomic E-state index is 0.0686. The molecule has 2 aliphatic rings. The summed E-state index contributed by atoms with van der Waals surface area (Å²) in [5, 5.41) is 0. The predicted molar refractivity (Wildman–Crippen MR) is 69.2 cm³/mol. The summed E-state index contributed by atoms with van der Waals surface area (Å²) in [5.74, 6) is 0. The summed E-state index contributed by atoms with van der Waals surface area (Å²) in [5.41, 5.74) is 2.92. The molecule has 0 saturated heterocycles. The van der Waals surface area contributed by atoms with Gasteiger partial charge in [-0.1, -0.05) is 32.9 Å². The number of aliphatic imine (C=N–C) groups is 1. The molecule has 0 radical (unpaired) electrons. The van der Waals surface area contributed by atoms with Crippen molar-refractivity contribution in [1.29, 1.82) is 0 Å². The molecule has 2 nitrogen and oxygen atoms in total. The maximum absolute atomic E-state index is 4.50. The van der Waals surface area contributed by atoms with Crippen LogP contribution < -0.4 is 0 Å². The Morgan fingerprint density at radius 2 is 2.25 bits per heavy atom. The zero-order valence-electron chi connectivity index (χ0n) is 10.4. The van der Waals surface area contributed by atoms with Gasteiger partial charge in [-0.05, 0) is 24.5 Å². The average molecular weight is 216 g/mol. The van der Waals surface area contributed by atoms with Gasteiger partial charge in [0.2, 0.25) is 0 Å². The second kappa shape index (κ2) is 4.28. The molecule has 0 aliphatic carbocycles. The summed E-state index contributed by atoms with van der Waals surface area (Å²) in [7, 11) is 0. The van der Waals surface area contributed by atoms with Gasteiger partial charge in [0.25, 0.3) is 0 Å². The molecular weight excluding hydrogens is 196 g/mol. The fraction of sp³-hybridized carbons (Fsp3) is 0.500. The summed E-state index contributed by atoms with van der Waals surface area (Å²) >= 11 is 0. The first-order valence-corrected chi connectivity index (χ1v) is 5.98. The van der Waals surface area contributed by atoms with Crippen molar-refractivity contribution in [3.8, 4) is 0 Å². The van der Waals surface area contributed by atoms with Gasteiger partial charge >= 0.3 is 0 Å². The normalized spacial score (nSPS) is 27.1. The van der Waals surface area contributed by atoms with E-state index in [1.165, 1.54) is 11.3 Å². The number of nitrogens with zero attached hydrogens (tertiary/aromatic N) is 2. The van der Waals surface area contributed by atoms with E-state index in [4.69, 9.17) is 0 Å². The van der Waals surface area contributed by atoms with Crippen molar-refractivity contribution in [3.63, 3.8) is 0 Å². The predicted octanol–water partition coefficient (Wildman–Crippen LogP) is 3.49. The van der Waals surface area contributed by atoms with Crippen LogP contribution in [0.5, 0.6) is 0 Å². The third-order valence-corrected chi connectivity index (χ3v) is 3.08. The molecule has 0 aromatic heterocycles. The van der Waals surface area contributed by atoms with Gasteiger partial charge in [-0.15, -0.1) is 0 Å². The molecule has 16 heavy (non-hydrogen) atoms. The highest BCUT2D eigenvalue weighted by Gasteiger charge is 2.17. The van der Waals surface area contributed by atoms with Crippen LogP contribution in [0, 0.1) is 5.41 Å². The molecule has 2 heteroatoms. The maximum Gasteiger partial charge on any atom is 0.113 e. The highest BCUT2D eigenvalue weighted by molar-refractivity contribution is 5.68. The van der Waals surface area contributed by atoms with Crippen molar-refractivity contribution in [2.45, 2.75) is 33.6 Å². The van der Waals surface area contributed by atoms with Crippen molar-refractivity contribution < 1.29 is 0 Å². The van der Waals surface area contributed by atoms with Crippen LogP contribution in [0.15, 0.2) is 40.7 Å². The molecule has 2 aliphatic heterocycles. The van der Waals surface area contributed by atoms with E-state index in [1.54, 1.807) is 0 Å². The van der Waals surface area contributed by atoms with Gasteiger partial charge in [0.15, 0.2) is 0 Å². The van der Waals surface area contributed by atoms with E-state index in [-0.39, 0.29) is 5.41 Å². The zero-order chi connectivity index (χ0) is 11.6. The van der Waals surface area contributed by atoms with E-state index in [0.29, 0.717) is 0 Å². The second-order valence-corrected chi connectivity index (χ2v) is 5.01. The van der Waals surface area contributed by atoms with Gasteiger partial charge in [-0.2, -0.15) is 0 Å². The van der Waals surface area contributed by atoms with Crippen molar-refractivity contribution >= 4 is 6.21 Å². The van der Waals surface area contributed by atoms with Crippen molar-refractivity contribution in [2.24, 2.45) is 10.4 Å². The maximum atomic E-state index is 4.50. The van der Waals surface area contributed by atoms with E-state index in [2.05, 4.69) is 55.1 Å². The van der Waals surface area contributed by atoms with E-state index in [9.17, 15) is 0 Å². The Morgan fingerprint density at radius 3 is 3.00 bits per heavy atom. The van der Waals surface area contributed by atoms with Gasteiger partial charge in [-0.3, -0.25) is 4.99 Å². The third-order valence-electron chi connectivity index (χ3n) is 3.08. The molecule has 0 unspecified atom stereocenters. The molecule has 0 aromatic rings. The number of hydrogen-bond acceptors (Lipinski definition) is 2. The van der Waals surface area contributed by atoms with Crippen LogP contribution in [0.1, 0.15) is 33.6 Å². The zero-order valence-corrected chi connectivity index (χ0v) is 10.4. The summed E-state index contributed by atoms with van der Waals surface area (Å²) in [6.07, 6.45) is 13.1. The number of hydrogen-bond donors (Lipinski definition) is 0. The fourth-order valence-electron chi connectivity index (χ4n) is 2.07. The van der Waals surface area contributed by atoms with Crippen LogP contribution in [0.4, 0.5) is 0 Å². The number of rotatable bonds is 1. The van der Waals surface area contributed by atoms with Gasteiger partial charge < -0.3 is 4.90 Å². The molecule has 0 saturated carbocycles. The largest absolute Gasteiger partial charge is 0.328 e. The van der Waals surface area contributed by atoms with Gasteiger partial charge in [0.1, 0.15) is 6.67 Å². The molecule has 0 fully saturated rings. The molecule has 0 atom stereocenters. The Labute approximate surface area is 98.1 Å². The molecule has 2 rings (SSSR count). The second-order valence-electron chi connectivity index (χ2n) is 5.01. The van der Waals surface area contributed by atoms with Crippen LogP contribution in [-0.4, -0.2) is 17.8 Å². The van der Waals surface area contributed by atoms with Crippen LogP contribution in [0.2, 0.25) is 0 Å². The highest BCUT2D eigenvalue weighted by atomic mass is 15.2. The lowest BCUT2D eigenvalue weighted by Gasteiger charge is -2.29. The first-order chi connectivity index (χ1) is 7.62. The summed E-state index contributed by atoms with van der Waals surface area (Å²) in [4.78, 5) is 6.73. The third kappa shape index (κ3) is 2.26. The van der Waals surface area contributed by atoms with Crippen LogP contribution in [0.25, 0.3) is 0 Å². The highest BCUT2D eigenvalue weighted by Crippen LogP contribution is 2.27. The smallest absolute Gasteiger partial charge is 0.113 e. The lowest BCUT2D eigenvalue weighted by molar-refractivity contribution is 0.469. The SMILES string of the molecule is CCC1=C2/C=C\C(C)(C)/C=N\CN2C=CC1. The Balaban J connectivity index is 2.36. The number of fused-ring (bicyclic) bond motifs is 1. The lowest BCUT2D eigenvalue weighted by atomic mass is 9.92. The molecule has 0 spiro atoms. The Bertz CT molecular complexity index is 384. The molecule has 86 valence electrons. The summed E-state index contributed by atoms with van der Waals surface area (Å²) < 4.78 is 0. The quantitative estimate of drug-likeness (QED) is 0.655. The van der Waals surface area contributed by atoms with Crippen LogP contribution >= 0.6 is 0 Å². The van der Waals surface area contributed by atoms with Crippen LogP contribution in [-0.2, 0) is 0 Å². The summed E-state index contributed by atoms with van der Waals surface area (Å²) in [6.45, 7) is 7.34. The van der Waals surface area contributed by atoms with E-state index < -0.39 is 0 Å². The Hall–Kier alpha value is -1.31. The molecule has 0 N–H and O–H groups in total. The van der Waals surface area contributed by atoms with Crippen molar-refractivity contribution in [1.82, 2.24) is 4.90 Å². The molecule has 2 heterocycles. The van der Waals surface area contributed by atoms with E-state index in [1.807, 2.05) is 6.21 Å². The molecule has 0 aromatic carbocycles. The molecule has 0 amide bonds. The number of allylic oxidation sites excluding steroid dienone is 4. The summed E-state index contributed by atoms with van der Waals surface area (Å²) in [6, 6.07) is 0. The van der Waals surface area contributed by atoms with E-state index >= 15 is 0 Å². The average Bonchev–Trinajstić information content (AvgIpc) is 2.24. The molecular formula is C14H20N2. The topological polar surface area (TPSA) is 15.6 Å². The Morgan fingerprint density at radius 1 is 1.44 bits per heavy atom. The standard InChI is InChI=1S/C14H20N2/c1-4-12-6-5-9-16-11-15-10-14(2,3)8-7-13(12)16/h5,7-10H,4,6,11H2,1-3H3/b8-7-,15-10-. The van der Waals surface area contributed by atoms with Crippen molar-refractivity contribution in [3.05, 3.63) is 35.7 Å². The van der Waals surface area contributed by atoms with E-state index in [0.717, 1.165) is 19.5 Å². The van der Waals surface area contributed by atoms with Gasteiger partial charge in [-0.25, -0.2) is 0 Å². The van der Waals surface area contributed by atoms with Crippen LogP contribution in [0.3, 0.4) is 0 Å². The minimum absolute atomic E-state index is 0.0686. The first kappa shape index (κ1) is 11.2. The van der Waals surface area contributed by atoms with Crippen molar-refractivity contribution in [2.75, 3.05) is 6.67 Å². The van der Waals surface area contributed by atoms with Gasteiger partial charge in [0, 0.05) is 23.5 Å².